The molecular weight excluding hydrogens is 556 g/mol. The van der Waals surface area contributed by atoms with Gasteiger partial charge in [0, 0.05) is 29.4 Å². The van der Waals surface area contributed by atoms with E-state index in [4.69, 9.17) is 18.9 Å². The van der Waals surface area contributed by atoms with Crippen molar-refractivity contribution in [1.29, 1.82) is 0 Å². The summed E-state index contributed by atoms with van der Waals surface area (Å²) in [7, 11) is 0. The molecule has 8 rings (SSSR count). The van der Waals surface area contributed by atoms with Crippen LogP contribution in [-0.2, 0) is 19.1 Å². The minimum atomic E-state index is -1.72. The van der Waals surface area contributed by atoms with Gasteiger partial charge in [-0.2, -0.15) is 0 Å². The monoisotopic (exact) mass is 592 g/mol. The summed E-state index contributed by atoms with van der Waals surface area (Å²) < 4.78 is 25.8. The maximum Gasteiger partial charge on any atom is 0.330 e. The Morgan fingerprint density at radius 1 is 1.09 bits per heavy atom. The van der Waals surface area contributed by atoms with Gasteiger partial charge >= 0.3 is 5.97 Å². The van der Waals surface area contributed by atoms with E-state index < -0.39 is 63.8 Å². The van der Waals surface area contributed by atoms with Crippen molar-refractivity contribution in [2.45, 2.75) is 102 Å². The first kappa shape index (κ1) is 28.3. The largest absolute Gasteiger partial charge is 0.506 e. The van der Waals surface area contributed by atoms with E-state index in [1.165, 1.54) is 13.0 Å². The normalized spacial score (nSPS) is 35.7. The lowest BCUT2D eigenvalue weighted by Crippen LogP contribution is -2.72. The first-order valence-electron chi connectivity index (χ1n) is 14.7. The van der Waals surface area contributed by atoms with Crippen molar-refractivity contribution in [3.63, 3.8) is 0 Å². The molecule has 3 aliphatic carbocycles. The number of phenolic OH excluding ortho intramolecular Hbond substituents is 1. The number of phenols is 1. The van der Waals surface area contributed by atoms with Gasteiger partial charge in [-0.3, -0.25) is 9.59 Å². The van der Waals surface area contributed by atoms with Crippen LogP contribution in [0.4, 0.5) is 0 Å². The van der Waals surface area contributed by atoms with Crippen molar-refractivity contribution in [2.75, 3.05) is 0 Å². The number of Topliss-reactive ketones (excluding diaryl/α,β-unsaturated/α-hetero) is 2. The first-order valence-corrected chi connectivity index (χ1v) is 14.7. The maximum atomic E-state index is 14.6. The summed E-state index contributed by atoms with van der Waals surface area (Å²) in [5, 5.41) is 33.0. The number of hydrogen-bond donors (Lipinski definition) is 3. The van der Waals surface area contributed by atoms with Gasteiger partial charge in [0.05, 0.1) is 22.3 Å². The van der Waals surface area contributed by atoms with Crippen LogP contribution < -0.4 is 9.47 Å². The summed E-state index contributed by atoms with van der Waals surface area (Å²) in [6, 6.07) is 0. The van der Waals surface area contributed by atoms with Gasteiger partial charge in [0.15, 0.2) is 22.8 Å². The number of rotatable bonds is 5. The van der Waals surface area contributed by atoms with Crippen molar-refractivity contribution in [3.05, 3.63) is 46.1 Å². The number of aromatic hydroxyl groups is 1. The molecule has 2 saturated heterocycles. The molecule has 7 aliphatic rings. The number of ketones is 2. The van der Waals surface area contributed by atoms with E-state index in [1.54, 1.807) is 18.2 Å². The van der Waals surface area contributed by atoms with Crippen molar-refractivity contribution >= 4 is 23.6 Å². The lowest BCUT2D eigenvalue weighted by molar-refractivity contribution is -0.171. The van der Waals surface area contributed by atoms with Crippen molar-refractivity contribution in [2.24, 2.45) is 11.8 Å². The summed E-state index contributed by atoms with van der Waals surface area (Å²) >= 11 is 0. The molecule has 4 heterocycles. The molecule has 1 spiro atoms. The number of carboxylic acids is 1. The number of hydrogen-bond acceptors (Lipinski definition) is 9. The predicted molar refractivity (Wildman–Crippen MR) is 152 cm³/mol. The number of aliphatic hydroxyl groups is 1. The topological polar surface area (TPSA) is 152 Å². The minimum absolute atomic E-state index is 0.0244. The lowest BCUT2D eigenvalue weighted by atomic mass is 9.51. The third kappa shape index (κ3) is 3.42. The van der Waals surface area contributed by atoms with E-state index >= 15 is 0 Å². The van der Waals surface area contributed by atoms with Crippen LogP contribution >= 0.6 is 0 Å². The van der Waals surface area contributed by atoms with Crippen LogP contribution in [0.2, 0.25) is 0 Å². The number of aliphatic hydroxyl groups excluding tert-OH is 1. The molecular formula is C33H36O10. The molecule has 228 valence electrons. The fourth-order valence-corrected chi connectivity index (χ4v) is 8.06. The lowest BCUT2D eigenvalue weighted by Gasteiger charge is -2.56. The maximum absolute atomic E-state index is 14.6. The third-order valence-electron chi connectivity index (χ3n) is 10.2. The molecule has 6 atom stereocenters. The zero-order valence-corrected chi connectivity index (χ0v) is 25.2. The van der Waals surface area contributed by atoms with Crippen molar-refractivity contribution < 1.29 is 48.7 Å². The van der Waals surface area contributed by atoms with Gasteiger partial charge in [-0.15, -0.1) is 0 Å². The smallest absolute Gasteiger partial charge is 0.330 e. The summed E-state index contributed by atoms with van der Waals surface area (Å²) in [6.07, 6.45) is 4.75. The number of carbonyl (C=O) groups is 3. The van der Waals surface area contributed by atoms with Crippen LogP contribution in [0, 0.1) is 11.8 Å². The fraction of sp³-hybridized carbons (Fsp3) is 0.545. The van der Waals surface area contributed by atoms with Crippen LogP contribution in [0.5, 0.6) is 17.2 Å². The molecule has 1 aromatic carbocycles. The Morgan fingerprint density at radius 3 is 2.40 bits per heavy atom. The van der Waals surface area contributed by atoms with Crippen molar-refractivity contribution in [1.82, 2.24) is 0 Å². The molecule has 0 aromatic heterocycles. The van der Waals surface area contributed by atoms with Crippen LogP contribution in [0.1, 0.15) is 88.9 Å². The number of aliphatic carboxylic acids is 1. The number of benzene rings is 1. The second-order valence-corrected chi connectivity index (χ2v) is 14.3. The molecule has 4 aliphatic heterocycles. The second-order valence-electron chi connectivity index (χ2n) is 14.3. The Bertz CT molecular complexity index is 1640. The van der Waals surface area contributed by atoms with Crippen molar-refractivity contribution in [3.8, 4) is 17.2 Å². The summed E-state index contributed by atoms with van der Waals surface area (Å²) in [6.45, 7) is 12.4. The zero-order chi connectivity index (χ0) is 31.2. The Kier molecular flexibility index (Phi) is 5.38. The van der Waals surface area contributed by atoms with Gasteiger partial charge < -0.3 is 34.3 Å². The highest BCUT2D eigenvalue weighted by molar-refractivity contribution is 6.19. The van der Waals surface area contributed by atoms with Gasteiger partial charge in [-0.25, -0.2) is 4.79 Å². The first-order chi connectivity index (χ1) is 19.9. The molecule has 0 radical (unpaired) electrons. The summed E-state index contributed by atoms with van der Waals surface area (Å²) in [4.78, 5) is 40.6. The van der Waals surface area contributed by atoms with Gasteiger partial charge in [0.25, 0.3) is 0 Å². The minimum Gasteiger partial charge on any atom is -0.506 e. The van der Waals surface area contributed by atoms with Crippen LogP contribution in [0.3, 0.4) is 0 Å². The average molecular weight is 593 g/mol. The Balaban J connectivity index is 1.52. The number of carbonyl (C=O) groups excluding carboxylic acids is 2. The number of ether oxygens (including phenoxy) is 4. The summed E-state index contributed by atoms with van der Waals surface area (Å²) in [5.74, 6) is -3.35. The Hall–Kier alpha value is -3.47. The quantitative estimate of drug-likeness (QED) is 0.335. The molecule has 3 N–H and O–H groups in total. The molecule has 43 heavy (non-hydrogen) atoms. The van der Waals surface area contributed by atoms with Gasteiger partial charge in [0.2, 0.25) is 0 Å². The second kappa shape index (κ2) is 8.16. The van der Waals surface area contributed by atoms with Gasteiger partial charge in [-0.1, -0.05) is 12.2 Å². The van der Waals surface area contributed by atoms with E-state index in [-0.39, 0.29) is 57.3 Å². The van der Waals surface area contributed by atoms with E-state index in [1.807, 2.05) is 41.5 Å². The standard InChI is InChI=1S/C33H36O10/c1-14(28(38)39)8-11-32-26(37)15-12-17-22(35)19-21(34)16-9-10-29(2,3)40-24(16)20(23(36)27-31(6,7)42-27)25(19)41-33(17,32)18(13-15)30(4,5)43-32/h8-10,12,15,18,23,27,34,36H,11,13H2,1-7H3,(H,38,39)/b14-8-/t15-,18?,23?,27?,32+,33-/m0/s1. The third-order valence-corrected chi connectivity index (χ3v) is 10.2. The zero-order valence-electron chi connectivity index (χ0n) is 25.2. The number of carboxylic acid groups (broad SMARTS) is 1. The highest BCUT2D eigenvalue weighted by atomic mass is 16.6. The molecule has 1 saturated carbocycles. The number of allylic oxidation sites excluding steroid dienone is 1. The van der Waals surface area contributed by atoms with Gasteiger partial charge in [-0.05, 0) is 67.0 Å². The molecule has 3 fully saturated rings. The number of fused-ring (bicyclic) bond motifs is 2. The van der Waals surface area contributed by atoms with Crippen LogP contribution in [0.15, 0.2) is 29.4 Å². The molecule has 3 unspecified atom stereocenters. The van der Waals surface area contributed by atoms with E-state index in [0.29, 0.717) is 6.42 Å². The Labute approximate surface area is 249 Å². The van der Waals surface area contributed by atoms with Crippen LogP contribution in [-0.4, -0.2) is 67.0 Å². The van der Waals surface area contributed by atoms with E-state index in [2.05, 4.69) is 0 Å². The SMILES string of the molecule is C/C(=C/C[C@]12OC(C)(C)C3C[C@H](C=C4C(=O)c5c(O)c6c(c(C(O)C7OC7(C)C)c5O[C@@]431)OC(C)(C)C=C6)C2=O)C(=O)O. The average Bonchev–Trinajstić information content (AvgIpc) is 3.51. The summed E-state index contributed by atoms with van der Waals surface area (Å²) in [5.41, 5.74) is -5.28. The molecule has 10 nitrogen and oxygen atoms in total. The van der Waals surface area contributed by atoms with Gasteiger partial charge in [0.1, 0.15) is 40.6 Å². The molecule has 0 amide bonds. The molecule has 10 heteroatoms. The van der Waals surface area contributed by atoms with E-state index in [9.17, 15) is 29.7 Å². The van der Waals surface area contributed by atoms with E-state index in [0.717, 1.165) is 0 Å². The fourth-order valence-electron chi connectivity index (χ4n) is 8.06. The number of epoxide rings is 1. The highest BCUT2D eigenvalue weighted by Crippen LogP contribution is 2.69. The molecule has 1 aromatic rings. The molecule has 4 bridgehead atoms. The highest BCUT2D eigenvalue weighted by Gasteiger charge is 2.81. The van der Waals surface area contributed by atoms with Crippen LogP contribution in [0.25, 0.3) is 6.08 Å². The Morgan fingerprint density at radius 2 is 1.77 bits per heavy atom. The predicted octanol–water partition coefficient (Wildman–Crippen LogP) is 4.21.